The Balaban J connectivity index is -0.000000425. The Bertz CT molecular complexity index is 256. The van der Waals surface area contributed by atoms with Crippen molar-refractivity contribution in [2.24, 2.45) is 0 Å². The first-order chi connectivity index (χ1) is 9.80. The molecule has 0 fully saturated rings. The SMILES string of the molecule is CC.CCc1ccc(CN(CC)CC)cc1.[B]C.[B]C. The van der Waals surface area contributed by atoms with Crippen LogP contribution in [-0.4, -0.2) is 33.7 Å². The maximum absolute atomic E-state index is 4.50. The second-order valence-electron chi connectivity index (χ2n) is 3.63. The van der Waals surface area contributed by atoms with Gasteiger partial charge >= 0.3 is 0 Å². The highest BCUT2D eigenvalue weighted by Crippen LogP contribution is 2.07. The minimum atomic E-state index is 1.08. The van der Waals surface area contributed by atoms with Gasteiger partial charge in [-0.2, -0.15) is 0 Å². The van der Waals surface area contributed by atoms with Crippen LogP contribution in [0.4, 0.5) is 0 Å². The molecule has 1 nitrogen and oxygen atoms in total. The lowest BCUT2D eigenvalue weighted by Crippen LogP contribution is -2.21. The minimum absolute atomic E-state index is 1.08. The largest absolute Gasteiger partial charge is 0.300 e. The quantitative estimate of drug-likeness (QED) is 0.713. The first-order valence-electron chi connectivity index (χ1n) is 7.75. The molecule has 4 radical (unpaired) electrons. The molecule has 0 atom stereocenters. The van der Waals surface area contributed by atoms with Gasteiger partial charge in [0.05, 0.1) is 15.7 Å². The maximum atomic E-state index is 4.50. The van der Waals surface area contributed by atoms with E-state index in [1.165, 1.54) is 24.8 Å². The second kappa shape index (κ2) is 20.6. The van der Waals surface area contributed by atoms with Crippen LogP contribution < -0.4 is 0 Å². The molecule has 0 aliphatic rings. The Kier molecular flexibility index (Phi) is 25.1. The van der Waals surface area contributed by atoms with Gasteiger partial charge in [0.15, 0.2) is 0 Å². The molecule has 0 N–H and O–H groups in total. The molecule has 20 heavy (non-hydrogen) atoms. The van der Waals surface area contributed by atoms with E-state index in [1.54, 1.807) is 0 Å². The average molecular weight is 273 g/mol. The minimum Gasteiger partial charge on any atom is -0.300 e. The lowest BCUT2D eigenvalue weighted by atomic mass is 10.1. The summed E-state index contributed by atoms with van der Waals surface area (Å²) in [4.78, 5) is 2.43. The van der Waals surface area contributed by atoms with Crippen LogP contribution >= 0.6 is 0 Å². The van der Waals surface area contributed by atoms with Gasteiger partial charge in [0.1, 0.15) is 0 Å². The summed E-state index contributed by atoms with van der Waals surface area (Å²) in [5.41, 5.74) is 2.85. The predicted molar refractivity (Wildman–Crippen MR) is 97.0 cm³/mol. The molecule has 1 rings (SSSR count). The average Bonchev–Trinajstić information content (AvgIpc) is 2.58. The molecule has 0 heterocycles. The zero-order chi connectivity index (χ0) is 16.4. The number of aryl methyl sites for hydroxylation is 1. The zero-order valence-electron chi connectivity index (χ0n) is 14.7. The van der Waals surface area contributed by atoms with Crippen molar-refractivity contribution in [1.82, 2.24) is 4.90 Å². The summed E-state index contributed by atoms with van der Waals surface area (Å²) in [6.07, 6.45) is 1.13. The van der Waals surface area contributed by atoms with Crippen LogP contribution in [0.15, 0.2) is 24.3 Å². The van der Waals surface area contributed by atoms with Crippen LogP contribution in [-0.2, 0) is 13.0 Å². The highest BCUT2D eigenvalue weighted by atomic mass is 15.1. The summed E-state index contributed by atoms with van der Waals surface area (Å²) in [6, 6.07) is 8.96. The van der Waals surface area contributed by atoms with Crippen LogP contribution in [0.2, 0.25) is 13.6 Å². The van der Waals surface area contributed by atoms with Gasteiger partial charge in [-0.05, 0) is 30.6 Å². The van der Waals surface area contributed by atoms with E-state index in [1.807, 2.05) is 13.8 Å². The van der Waals surface area contributed by atoms with Crippen molar-refractivity contribution >= 4 is 15.7 Å². The van der Waals surface area contributed by atoms with Gasteiger partial charge in [0.25, 0.3) is 0 Å². The molecule has 0 bridgehead atoms. The maximum Gasteiger partial charge on any atom is 0.0606 e. The molecule has 0 unspecified atom stereocenters. The van der Waals surface area contributed by atoms with E-state index in [-0.39, 0.29) is 0 Å². The molecule has 0 spiro atoms. The van der Waals surface area contributed by atoms with Crippen molar-refractivity contribution in [2.75, 3.05) is 13.1 Å². The third kappa shape index (κ3) is 12.3. The Morgan fingerprint density at radius 3 is 1.40 bits per heavy atom. The Hall–Kier alpha value is -0.690. The van der Waals surface area contributed by atoms with Crippen molar-refractivity contribution in [3.63, 3.8) is 0 Å². The van der Waals surface area contributed by atoms with Crippen LogP contribution in [0, 0.1) is 0 Å². The highest BCUT2D eigenvalue weighted by Gasteiger charge is 2.00. The smallest absolute Gasteiger partial charge is 0.0606 e. The van der Waals surface area contributed by atoms with E-state index in [0.717, 1.165) is 26.1 Å². The fraction of sp³-hybridized carbons (Fsp3) is 0.647. The highest BCUT2D eigenvalue weighted by molar-refractivity contribution is 6.05. The normalized spacial score (nSPS) is 8.40. The van der Waals surface area contributed by atoms with Gasteiger partial charge in [-0.15, -0.1) is 0 Å². The van der Waals surface area contributed by atoms with Gasteiger partial charge in [-0.1, -0.05) is 72.5 Å². The van der Waals surface area contributed by atoms with Crippen molar-refractivity contribution < 1.29 is 0 Å². The van der Waals surface area contributed by atoms with Crippen LogP contribution in [0.1, 0.15) is 45.7 Å². The molecule has 112 valence electrons. The van der Waals surface area contributed by atoms with Gasteiger partial charge in [0.2, 0.25) is 0 Å². The lowest BCUT2D eigenvalue weighted by molar-refractivity contribution is 0.296. The van der Waals surface area contributed by atoms with Crippen LogP contribution in [0.5, 0.6) is 0 Å². The number of rotatable bonds is 5. The van der Waals surface area contributed by atoms with Crippen molar-refractivity contribution in [3.8, 4) is 0 Å². The van der Waals surface area contributed by atoms with E-state index in [0.29, 0.717) is 0 Å². The summed E-state index contributed by atoms with van der Waals surface area (Å²) in [5, 5.41) is 0. The number of benzene rings is 1. The lowest BCUT2D eigenvalue weighted by Gasteiger charge is -2.17. The van der Waals surface area contributed by atoms with Gasteiger partial charge in [-0.3, -0.25) is 4.90 Å². The molecular formula is C17H33B2N. The molecule has 0 saturated heterocycles. The summed E-state index contributed by atoms with van der Waals surface area (Å²) in [7, 11) is 9.00. The molecule has 0 amide bonds. The summed E-state index contributed by atoms with van der Waals surface area (Å²) in [6.45, 7) is 17.0. The standard InChI is InChI=1S/C13H21N.C2H6.2CH3B/c1-4-12-7-9-13(10-8-12)11-14(5-2)6-3;3*1-2/h7-10H,4-6,11H2,1-3H3;1-2H3;2*1H3. The molecule has 1 aromatic rings. The van der Waals surface area contributed by atoms with Crippen molar-refractivity contribution in [1.29, 1.82) is 0 Å². The Morgan fingerprint density at radius 2 is 1.10 bits per heavy atom. The monoisotopic (exact) mass is 273 g/mol. The van der Waals surface area contributed by atoms with Gasteiger partial charge in [0, 0.05) is 6.54 Å². The third-order valence-corrected chi connectivity index (χ3v) is 2.73. The predicted octanol–water partition coefficient (Wildman–Crippen LogP) is 4.52. The summed E-state index contributed by atoms with van der Waals surface area (Å²) >= 11 is 0. The van der Waals surface area contributed by atoms with Crippen molar-refractivity contribution in [2.45, 2.75) is 61.2 Å². The van der Waals surface area contributed by atoms with Gasteiger partial charge < -0.3 is 0 Å². The second-order valence-corrected chi connectivity index (χ2v) is 3.63. The van der Waals surface area contributed by atoms with Crippen LogP contribution in [0.3, 0.4) is 0 Å². The summed E-state index contributed by atoms with van der Waals surface area (Å²) in [5.74, 6) is 0. The molecule has 3 heteroatoms. The number of hydrogen-bond donors (Lipinski definition) is 0. The fourth-order valence-electron chi connectivity index (χ4n) is 1.59. The van der Waals surface area contributed by atoms with E-state index in [2.05, 4.69) is 65.6 Å². The molecule has 0 saturated carbocycles. The first-order valence-corrected chi connectivity index (χ1v) is 7.75. The Morgan fingerprint density at radius 1 is 0.750 bits per heavy atom. The van der Waals surface area contributed by atoms with E-state index in [4.69, 9.17) is 0 Å². The molecule has 1 aromatic carbocycles. The van der Waals surface area contributed by atoms with Crippen molar-refractivity contribution in [3.05, 3.63) is 35.4 Å². The van der Waals surface area contributed by atoms with Crippen LogP contribution in [0.25, 0.3) is 0 Å². The molecule has 0 aliphatic carbocycles. The zero-order valence-corrected chi connectivity index (χ0v) is 14.7. The molecule has 0 aliphatic heterocycles. The third-order valence-electron chi connectivity index (χ3n) is 2.73. The number of nitrogens with zero attached hydrogens (tertiary/aromatic N) is 1. The Labute approximate surface area is 131 Å². The topological polar surface area (TPSA) is 3.24 Å². The fourth-order valence-corrected chi connectivity index (χ4v) is 1.59. The van der Waals surface area contributed by atoms with Gasteiger partial charge in [-0.25, -0.2) is 0 Å². The molecule has 0 aromatic heterocycles. The van der Waals surface area contributed by atoms with E-state index in [9.17, 15) is 0 Å². The van der Waals surface area contributed by atoms with E-state index < -0.39 is 0 Å². The van der Waals surface area contributed by atoms with E-state index >= 15 is 0 Å². The summed E-state index contributed by atoms with van der Waals surface area (Å²) < 4.78 is 0. The first kappa shape index (κ1) is 24.3. The number of hydrogen-bond acceptors (Lipinski definition) is 1. The molecular weight excluding hydrogens is 240 g/mol.